The molecule has 0 radical (unpaired) electrons. The molecule has 0 fully saturated rings. The molecule has 0 aliphatic carbocycles. The third-order valence-electron chi connectivity index (χ3n) is 2.86. The Hall–Kier alpha value is -1.59. The van der Waals surface area contributed by atoms with Gasteiger partial charge in [-0.1, -0.05) is 42.5 Å². The van der Waals surface area contributed by atoms with Crippen molar-refractivity contribution in [3.63, 3.8) is 0 Å². The molecule has 0 spiro atoms. The van der Waals surface area contributed by atoms with Crippen LogP contribution in [0.25, 0.3) is 10.8 Å². The van der Waals surface area contributed by atoms with E-state index >= 15 is 0 Å². The number of hydrogen-bond acceptors (Lipinski definition) is 2. The van der Waals surface area contributed by atoms with Crippen molar-refractivity contribution >= 4 is 10.8 Å². The zero-order chi connectivity index (χ0) is 13.3. The van der Waals surface area contributed by atoms with Gasteiger partial charge in [0.1, 0.15) is 0 Å². The first-order valence-corrected chi connectivity index (χ1v) is 5.39. The highest BCUT2D eigenvalue weighted by molar-refractivity contribution is 5.86. The summed E-state index contributed by atoms with van der Waals surface area (Å²) in [4.78, 5) is 0. The van der Waals surface area contributed by atoms with Crippen molar-refractivity contribution in [1.82, 2.24) is 0 Å². The van der Waals surface area contributed by atoms with Gasteiger partial charge in [0.15, 0.2) is 6.10 Å². The SMILES string of the molecule is N[C@@H](c1cccc2ccccc12)[C@H](O)C(F)(F)F. The third-order valence-corrected chi connectivity index (χ3v) is 2.86. The Bertz CT molecular complexity index is 548. The molecule has 0 unspecified atom stereocenters. The van der Waals surface area contributed by atoms with E-state index in [-0.39, 0.29) is 5.56 Å². The van der Waals surface area contributed by atoms with Gasteiger partial charge >= 0.3 is 6.18 Å². The summed E-state index contributed by atoms with van der Waals surface area (Å²) in [6, 6.07) is 10.4. The quantitative estimate of drug-likeness (QED) is 0.866. The number of aliphatic hydroxyl groups is 1. The average Bonchev–Trinajstić information content (AvgIpc) is 2.35. The van der Waals surface area contributed by atoms with Gasteiger partial charge in [-0.3, -0.25) is 0 Å². The minimum Gasteiger partial charge on any atom is -0.382 e. The topological polar surface area (TPSA) is 46.2 Å². The van der Waals surface area contributed by atoms with E-state index in [2.05, 4.69) is 0 Å². The highest BCUT2D eigenvalue weighted by Gasteiger charge is 2.43. The fourth-order valence-electron chi connectivity index (χ4n) is 1.91. The van der Waals surface area contributed by atoms with Crippen molar-refractivity contribution < 1.29 is 18.3 Å². The van der Waals surface area contributed by atoms with Crippen LogP contribution in [-0.4, -0.2) is 17.4 Å². The van der Waals surface area contributed by atoms with Crippen LogP contribution in [0.1, 0.15) is 11.6 Å². The van der Waals surface area contributed by atoms with E-state index in [0.717, 1.165) is 5.39 Å². The van der Waals surface area contributed by atoms with Crippen molar-refractivity contribution in [3.8, 4) is 0 Å². The second-order valence-corrected chi connectivity index (χ2v) is 4.08. The van der Waals surface area contributed by atoms with Crippen LogP contribution < -0.4 is 5.73 Å². The molecule has 2 rings (SSSR count). The van der Waals surface area contributed by atoms with Gasteiger partial charge in [-0.2, -0.15) is 13.2 Å². The van der Waals surface area contributed by atoms with Gasteiger partial charge in [0.25, 0.3) is 0 Å². The molecular weight excluding hydrogens is 243 g/mol. The molecule has 3 N–H and O–H groups in total. The van der Waals surface area contributed by atoms with E-state index in [4.69, 9.17) is 5.73 Å². The van der Waals surface area contributed by atoms with Gasteiger partial charge in [0.05, 0.1) is 6.04 Å². The van der Waals surface area contributed by atoms with E-state index in [1.54, 1.807) is 36.4 Å². The lowest BCUT2D eigenvalue weighted by Gasteiger charge is -2.22. The molecule has 18 heavy (non-hydrogen) atoms. The fourth-order valence-corrected chi connectivity index (χ4v) is 1.91. The first kappa shape index (κ1) is 12.9. The summed E-state index contributed by atoms with van der Waals surface area (Å²) in [7, 11) is 0. The molecule has 0 aromatic heterocycles. The second-order valence-electron chi connectivity index (χ2n) is 4.08. The van der Waals surface area contributed by atoms with Gasteiger partial charge < -0.3 is 10.8 Å². The molecular formula is C13H12F3NO. The van der Waals surface area contributed by atoms with Crippen molar-refractivity contribution in [2.45, 2.75) is 18.3 Å². The number of rotatable bonds is 2. The number of aliphatic hydroxyl groups excluding tert-OH is 1. The molecule has 2 atom stereocenters. The molecule has 0 amide bonds. The zero-order valence-corrected chi connectivity index (χ0v) is 9.35. The van der Waals surface area contributed by atoms with Gasteiger partial charge in [-0.15, -0.1) is 0 Å². The van der Waals surface area contributed by atoms with Crippen LogP contribution in [-0.2, 0) is 0 Å². The molecule has 96 valence electrons. The number of nitrogens with two attached hydrogens (primary N) is 1. The van der Waals surface area contributed by atoms with Gasteiger partial charge in [-0.25, -0.2) is 0 Å². The normalized spacial score (nSPS) is 15.6. The Morgan fingerprint density at radius 3 is 2.28 bits per heavy atom. The fraction of sp³-hybridized carbons (Fsp3) is 0.231. The van der Waals surface area contributed by atoms with Crippen LogP contribution in [0, 0.1) is 0 Å². The van der Waals surface area contributed by atoms with Crippen LogP contribution in [0.15, 0.2) is 42.5 Å². The van der Waals surface area contributed by atoms with E-state index in [1.807, 2.05) is 0 Å². The van der Waals surface area contributed by atoms with Crippen LogP contribution >= 0.6 is 0 Å². The highest BCUT2D eigenvalue weighted by atomic mass is 19.4. The maximum atomic E-state index is 12.5. The lowest BCUT2D eigenvalue weighted by atomic mass is 9.96. The van der Waals surface area contributed by atoms with E-state index in [1.165, 1.54) is 6.07 Å². The highest BCUT2D eigenvalue weighted by Crippen LogP contribution is 2.31. The Morgan fingerprint density at radius 2 is 1.61 bits per heavy atom. The minimum absolute atomic E-state index is 0.290. The molecule has 2 aromatic carbocycles. The summed E-state index contributed by atoms with van der Waals surface area (Å²) in [5, 5.41) is 10.6. The number of fused-ring (bicyclic) bond motifs is 1. The van der Waals surface area contributed by atoms with E-state index in [0.29, 0.717) is 5.39 Å². The largest absolute Gasteiger partial charge is 0.416 e. The predicted octanol–water partition coefficient (Wildman–Crippen LogP) is 2.76. The summed E-state index contributed by atoms with van der Waals surface area (Å²) in [6.45, 7) is 0. The van der Waals surface area contributed by atoms with Gasteiger partial charge in [0, 0.05) is 0 Å². The molecule has 2 aromatic rings. The molecule has 0 aliphatic rings. The average molecular weight is 255 g/mol. The molecule has 0 saturated heterocycles. The molecule has 0 bridgehead atoms. The van der Waals surface area contributed by atoms with Gasteiger partial charge in [0.2, 0.25) is 0 Å². The zero-order valence-electron chi connectivity index (χ0n) is 9.35. The van der Waals surface area contributed by atoms with Crippen molar-refractivity contribution in [1.29, 1.82) is 0 Å². The number of halogens is 3. The number of benzene rings is 2. The maximum Gasteiger partial charge on any atom is 0.416 e. The molecule has 0 aliphatic heterocycles. The van der Waals surface area contributed by atoms with Crippen LogP contribution in [0.2, 0.25) is 0 Å². The standard InChI is InChI=1S/C13H12F3NO/c14-13(15,16)12(18)11(17)10-7-3-5-8-4-1-2-6-9(8)10/h1-7,11-12,18H,17H2/t11-,12-/m0/s1. The van der Waals surface area contributed by atoms with Crippen molar-refractivity contribution in [2.75, 3.05) is 0 Å². The number of alkyl halides is 3. The smallest absolute Gasteiger partial charge is 0.382 e. The Morgan fingerprint density at radius 1 is 1.00 bits per heavy atom. The van der Waals surface area contributed by atoms with Gasteiger partial charge in [-0.05, 0) is 16.3 Å². The Kier molecular flexibility index (Phi) is 3.28. The molecule has 0 saturated carbocycles. The Balaban J connectivity index is 2.48. The third kappa shape index (κ3) is 2.32. The van der Waals surface area contributed by atoms with E-state index in [9.17, 15) is 18.3 Å². The van der Waals surface area contributed by atoms with Crippen LogP contribution in [0.4, 0.5) is 13.2 Å². The lowest BCUT2D eigenvalue weighted by Crippen LogP contribution is -2.38. The van der Waals surface area contributed by atoms with Crippen molar-refractivity contribution in [3.05, 3.63) is 48.0 Å². The van der Waals surface area contributed by atoms with E-state index < -0.39 is 18.3 Å². The minimum atomic E-state index is -4.73. The molecule has 5 heteroatoms. The summed E-state index contributed by atoms with van der Waals surface area (Å²) < 4.78 is 37.4. The monoisotopic (exact) mass is 255 g/mol. The molecule has 0 heterocycles. The van der Waals surface area contributed by atoms with Crippen LogP contribution in [0.5, 0.6) is 0 Å². The summed E-state index contributed by atoms with van der Waals surface area (Å²) in [5.74, 6) is 0. The maximum absolute atomic E-state index is 12.5. The first-order chi connectivity index (χ1) is 8.41. The summed E-state index contributed by atoms with van der Waals surface area (Å²) in [6.07, 6.45) is -7.29. The Labute approximate surface area is 102 Å². The predicted molar refractivity (Wildman–Crippen MR) is 62.9 cm³/mol. The summed E-state index contributed by atoms with van der Waals surface area (Å²) >= 11 is 0. The molecule has 2 nitrogen and oxygen atoms in total. The summed E-state index contributed by atoms with van der Waals surface area (Å²) in [5.41, 5.74) is 5.81. The second kappa shape index (κ2) is 4.59. The number of hydrogen-bond donors (Lipinski definition) is 2. The van der Waals surface area contributed by atoms with Crippen molar-refractivity contribution in [2.24, 2.45) is 5.73 Å². The lowest BCUT2D eigenvalue weighted by molar-refractivity contribution is -0.210. The van der Waals surface area contributed by atoms with Crippen LogP contribution in [0.3, 0.4) is 0 Å². The first-order valence-electron chi connectivity index (χ1n) is 5.39.